The van der Waals surface area contributed by atoms with Crippen LogP contribution >= 0.6 is 0 Å². The predicted molar refractivity (Wildman–Crippen MR) is 190 cm³/mol. The van der Waals surface area contributed by atoms with Gasteiger partial charge in [-0.3, -0.25) is 9.59 Å². The fraction of sp³-hybridized carbons (Fsp3) is 0.941. The first kappa shape index (κ1) is 51.0. The number of carbonyl (C=O) groups excluding carboxylic acids is 2. The molecule has 28 nitrogen and oxygen atoms in total. The lowest BCUT2D eigenvalue weighted by molar-refractivity contribution is -0.378. The third kappa shape index (κ3) is 11.0. The van der Waals surface area contributed by atoms with E-state index < -0.39 is 198 Å². The van der Waals surface area contributed by atoms with Crippen molar-refractivity contribution in [3.8, 4) is 0 Å². The monoisotopic (exact) mass is 910 g/mol. The Morgan fingerprint density at radius 1 is 0.419 bits per heavy atom. The summed E-state index contributed by atoms with van der Waals surface area (Å²) in [5.74, 6) is -1.53. The first-order chi connectivity index (χ1) is 29.3. The molecule has 360 valence electrons. The molecule has 5 fully saturated rings. The molecule has 5 aliphatic rings. The molecule has 0 saturated carbocycles. The molecule has 62 heavy (non-hydrogen) atoms. The van der Waals surface area contributed by atoms with E-state index in [2.05, 4.69) is 10.6 Å². The molecular formula is C34H58N2O26. The van der Waals surface area contributed by atoms with Crippen molar-refractivity contribution in [1.29, 1.82) is 0 Å². The molecule has 17 N–H and O–H groups in total. The van der Waals surface area contributed by atoms with Crippen LogP contribution in [0.15, 0.2) is 0 Å². The minimum Gasteiger partial charge on any atom is -0.394 e. The van der Waals surface area contributed by atoms with Crippen LogP contribution in [-0.4, -0.2) is 275 Å². The van der Waals surface area contributed by atoms with Gasteiger partial charge in [0.25, 0.3) is 0 Å². The number of nitrogens with one attached hydrogen (secondary N) is 2. The third-order valence-corrected chi connectivity index (χ3v) is 11.1. The number of carbonyl (C=O) groups is 2. The lowest BCUT2D eigenvalue weighted by Crippen LogP contribution is -2.69. The molecule has 0 aromatic heterocycles. The minimum absolute atomic E-state index is 0.756. The highest BCUT2D eigenvalue weighted by Gasteiger charge is 2.56. The summed E-state index contributed by atoms with van der Waals surface area (Å²) in [7, 11) is 0. The third-order valence-electron chi connectivity index (χ3n) is 11.1. The van der Waals surface area contributed by atoms with Gasteiger partial charge in [0.05, 0.1) is 33.0 Å². The largest absolute Gasteiger partial charge is 0.394 e. The molecule has 5 rings (SSSR count). The highest BCUT2D eigenvalue weighted by atomic mass is 16.8. The van der Waals surface area contributed by atoms with E-state index in [9.17, 15) is 86.2 Å². The van der Waals surface area contributed by atoms with Crippen LogP contribution in [0.2, 0.25) is 0 Å². The quantitative estimate of drug-likeness (QED) is 0.0725. The Bertz CT molecular complexity index is 1440. The normalized spacial score (nSPS) is 49.0. The van der Waals surface area contributed by atoms with Crippen LogP contribution in [0.3, 0.4) is 0 Å². The molecule has 0 unspecified atom stereocenters. The highest BCUT2D eigenvalue weighted by Crippen LogP contribution is 2.34. The second-order valence-electron chi connectivity index (χ2n) is 15.5. The summed E-state index contributed by atoms with van der Waals surface area (Å²) in [6.45, 7) is -2.32. The van der Waals surface area contributed by atoms with E-state index in [1.165, 1.54) is 0 Å². The summed E-state index contributed by atoms with van der Waals surface area (Å²) in [6.07, 6.45) is -42.0. The maximum Gasteiger partial charge on any atom is 0.217 e. The zero-order valence-corrected chi connectivity index (χ0v) is 33.2. The van der Waals surface area contributed by atoms with Gasteiger partial charge in [0.2, 0.25) is 11.8 Å². The van der Waals surface area contributed by atoms with Crippen LogP contribution in [0.5, 0.6) is 0 Å². The van der Waals surface area contributed by atoms with Crippen molar-refractivity contribution in [2.45, 2.75) is 167 Å². The smallest absolute Gasteiger partial charge is 0.217 e. The summed E-state index contributed by atoms with van der Waals surface area (Å²) < 4.78 is 50.9. The maximum atomic E-state index is 12.4. The van der Waals surface area contributed by atoms with Gasteiger partial charge in [0.15, 0.2) is 31.5 Å². The van der Waals surface area contributed by atoms with Crippen LogP contribution in [0.1, 0.15) is 13.8 Å². The van der Waals surface area contributed by atoms with Crippen molar-refractivity contribution < 1.29 is 129 Å². The molecular weight excluding hydrogens is 852 g/mol. The Morgan fingerprint density at radius 2 is 0.855 bits per heavy atom. The Balaban J connectivity index is 1.41. The number of aliphatic hydroxyl groups is 15. The van der Waals surface area contributed by atoms with E-state index in [4.69, 9.17) is 42.6 Å². The molecule has 5 saturated heterocycles. The Kier molecular flexibility index (Phi) is 18.1. The number of hydrogen-bond donors (Lipinski definition) is 17. The molecule has 0 spiro atoms. The summed E-state index contributed by atoms with van der Waals surface area (Å²) >= 11 is 0. The average Bonchev–Trinajstić information content (AvgIpc) is 3.23. The van der Waals surface area contributed by atoms with Crippen LogP contribution in [0.25, 0.3) is 0 Å². The summed E-state index contributed by atoms with van der Waals surface area (Å²) in [6, 6.07) is -3.21. The van der Waals surface area contributed by atoms with E-state index in [0.717, 1.165) is 13.8 Å². The van der Waals surface area contributed by atoms with E-state index in [0.29, 0.717) is 0 Å². The summed E-state index contributed by atoms with van der Waals surface area (Å²) in [5.41, 5.74) is 0. The molecule has 0 aliphatic carbocycles. The van der Waals surface area contributed by atoms with Crippen molar-refractivity contribution in [1.82, 2.24) is 10.6 Å². The SMILES string of the molecule is CC(=O)N[C@H]1[C@H](OC[C@H]2O[C@@H](O[C@H]3[C@H](O)[C@@H](O)[C@H](O)O[C@@H]3CO)[C@H](O)[C@@H](O[C@@H]3O[C@H](CO)[C@@H](O)[C@H](O)[C@H]3NC(C)=O)[C@H]2O)O[C@H](CO)[C@@H](O[C@@H]2O[C@H](CO)[C@H](O)[C@H](O)[C@H]2O)[C@@H]1O. The van der Waals surface area contributed by atoms with Crippen molar-refractivity contribution in [2.75, 3.05) is 33.0 Å². The molecule has 25 atom stereocenters. The topological polar surface area (TPSA) is 445 Å². The second-order valence-corrected chi connectivity index (χ2v) is 15.5. The van der Waals surface area contributed by atoms with Gasteiger partial charge in [-0.05, 0) is 0 Å². The first-order valence-corrected chi connectivity index (χ1v) is 19.6. The lowest BCUT2D eigenvalue weighted by atomic mass is 9.94. The molecule has 5 aliphatic heterocycles. The Morgan fingerprint density at radius 3 is 1.40 bits per heavy atom. The first-order valence-electron chi connectivity index (χ1n) is 19.6. The zero-order chi connectivity index (χ0) is 45.9. The zero-order valence-electron chi connectivity index (χ0n) is 33.2. The van der Waals surface area contributed by atoms with E-state index in [1.54, 1.807) is 0 Å². The fourth-order valence-electron chi connectivity index (χ4n) is 7.73. The van der Waals surface area contributed by atoms with Crippen molar-refractivity contribution >= 4 is 11.8 Å². The number of rotatable bonds is 15. The van der Waals surface area contributed by atoms with Crippen molar-refractivity contribution in [3.05, 3.63) is 0 Å². The van der Waals surface area contributed by atoms with E-state index in [-0.39, 0.29) is 0 Å². The van der Waals surface area contributed by atoms with Gasteiger partial charge in [-0.15, -0.1) is 0 Å². The second kappa shape index (κ2) is 22.0. The van der Waals surface area contributed by atoms with E-state index >= 15 is 0 Å². The average molecular weight is 911 g/mol. The van der Waals surface area contributed by atoms with Crippen LogP contribution in [0, 0.1) is 0 Å². The number of aliphatic hydroxyl groups excluding tert-OH is 15. The van der Waals surface area contributed by atoms with Gasteiger partial charge < -0.3 is 130 Å². The van der Waals surface area contributed by atoms with Gasteiger partial charge in [0.1, 0.15) is 122 Å². The van der Waals surface area contributed by atoms with Gasteiger partial charge in [-0.1, -0.05) is 0 Å². The van der Waals surface area contributed by atoms with Gasteiger partial charge in [-0.25, -0.2) is 0 Å². The van der Waals surface area contributed by atoms with Crippen LogP contribution in [-0.2, 0) is 52.2 Å². The molecule has 0 radical (unpaired) electrons. The molecule has 0 aromatic carbocycles. The van der Waals surface area contributed by atoms with Crippen LogP contribution in [0.4, 0.5) is 0 Å². The standard InChI is InChI=1S/C34H58N2O26/c1-8(41)35-15-20(46)17(43)10(3-37)56-32(15)62-29-19(45)14(59-34(26(29)52)61-28-12(5-39)55-30(53)24(50)23(28)49)7-54-31-16(36-9(2)42)21(47)27(13(6-40)58-31)60-33-25(51)22(48)18(44)11(4-38)57-33/h10-34,37-40,43-53H,3-7H2,1-2H3,(H,35,41)(H,36,42)/t10-,11-,12-,13-,14-,15-,16-,17-,18+,19+,20-,21-,22+,23-,24-,25-,26-,27-,28-,29+,30-,31-,32+,33+,34+/m1/s1. The van der Waals surface area contributed by atoms with Gasteiger partial charge >= 0.3 is 0 Å². The van der Waals surface area contributed by atoms with Gasteiger partial charge in [-0.2, -0.15) is 0 Å². The number of amides is 2. The van der Waals surface area contributed by atoms with Crippen molar-refractivity contribution in [2.24, 2.45) is 0 Å². The molecule has 5 heterocycles. The lowest BCUT2D eigenvalue weighted by Gasteiger charge is -2.49. The highest BCUT2D eigenvalue weighted by molar-refractivity contribution is 5.73. The van der Waals surface area contributed by atoms with Gasteiger partial charge in [0, 0.05) is 13.8 Å². The number of hydrogen-bond acceptors (Lipinski definition) is 26. The number of ether oxygens (including phenoxy) is 9. The minimum atomic E-state index is -2.14. The Labute approximate surface area is 351 Å². The molecule has 0 bridgehead atoms. The summed E-state index contributed by atoms with van der Waals surface area (Å²) in [4.78, 5) is 24.4. The summed E-state index contributed by atoms with van der Waals surface area (Å²) in [5, 5.41) is 162. The maximum absolute atomic E-state index is 12.4. The molecule has 0 aromatic rings. The molecule has 2 amide bonds. The Hall–Kier alpha value is -2.02. The predicted octanol–water partition coefficient (Wildman–Crippen LogP) is -11.6. The molecule has 28 heteroatoms. The fourth-order valence-corrected chi connectivity index (χ4v) is 7.73. The van der Waals surface area contributed by atoms with Crippen LogP contribution < -0.4 is 10.6 Å². The van der Waals surface area contributed by atoms with E-state index in [1.807, 2.05) is 0 Å². The van der Waals surface area contributed by atoms with Crippen molar-refractivity contribution in [3.63, 3.8) is 0 Å².